The summed E-state index contributed by atoms with van der Waals surface area (Å²) in [6, 6.07) is 14.2. The van der Waals surface area contributed by atoms with Crippen LogP contribution in [-0.2, 0) is 4.79 Å². The van der Waals surface area contributed by atoms with E-state index in [9.17, 15) is 9.18 Å². The molecule has 2 aromatic carbocycles. The van der Waals surface area contributed by atoms with E-state index in [4.69, 9.17) is 0 Å². The average Bonchev–Trinajstić information content (AvgIpc) is 2.97. The maximum absolute atomic E-state index is 13.8. The van der Waals surface area contributed by atoms with Crippen LogP contribution in [0.15, 0.2) is 54.9 Å². The normalized spacial score (nSPS) is 17.5. The number of aromatic nitrogens is 2. The number of hydrogen-bond acceptors (Lipinski definition) is 4. The number of para-hydroxylation sites is 2. The molecule has 3 aromatic rings. The van der Waals surface area contributed by atoms with Crippen molar-refractivity contribution in [2.24, 2.45) is 0 Å². The van der Waals surface area contributed by atoms with Crippen LogP contribution in [0.4, 0.5) is 15.9 Å². The molecule has 4 rings (SSSR count). The Bertz CT molecular complexity index is 900. The van der Waals surface area contributed by atoms with E-state index in [0.717, 1.165) is 5.69 Å². The van der Waals surface area contributed by atoms with Gasteiger partial charge in [0.25, 0.3) is 0 Å². The van der Waals surface area contributed by atoms with Gasteiger partial charge in [0.2, 0.25) is 5.91 Å². The Hall–Kier alpha value is -3.02. The minimum Gasteiger partial charge on any atom is -0.364 e. The van der Waals surface area contributed by atoms with Gasteiger partial charge in [-0.05, 0) is 24.3 Å². The van der Waals surface area contributed by atoms with Crippen LogP contribution < -0.4 is 10.2 Å². The van der Waals surface area contributed by atoms with Crippen LogP contribution in [-0.4, -0.2) is 28.5 Å². The van der Waals surface area contributed by atoms with Gasteiger partial charge in [-0.15, -0.1) is 0 Å². The van der Waals surface area contributed by atoms with Crippen molar-refractivity contribution in [2.75, 3.05) is 16.8 Å². The van der Waals surface area contributed by atoms with Crippen LogP contribution in [0, 0.1) is 5.82 Å². The molecule has 0 bridgehead atoms. The summed E-state index contributed by atoms with van der Waals surface area (Å²) in [5.41, 5.74) is 1.16. The number of halogens is 1. The first-order valence-corrected chi connectivity index (χ1v) is 7.73. The van der Waals surface area contributed by atoms with Gasteiger partial charge in [-0.25, -0.2) is 14.4 Å². The summed E-state index contributed by atoms with van der Waals surface area (Å²) in [6.45, 7) is 0.545. The predicted molar refractivity (Wildman–Crippen MR) is 90.3 cm³/mol. The summed E-state index contributed by atoms with van der Waals surface area (Å²) in [7, 11) is 0. The summed E-state index contributed by atoms with van der Waals surface area (Å²) in [5.74, 6) is 0.224. The number of carbonyl (C=O) groups excluding carboxylic acids is 1. The van der Waals surface area contributed by atoms with E-state index in [-0.39, 0.29) is 23.3 Å². The lowest BCUT2D eigenvalue weighted by molar-refractivity contribution is -0.117. The fourth-order valence-electron chi connectivity index (χ4n) is 3.02. The highest BCUT2D eigenvalue weighted by Gasteiger charge is 2.31. The van der Waals surface area contributed by atoms with Gasteiger partial charge in [0.05, 0.1) is 6.04 Å². The second-order valence-corrected chi connectivity index (χ2v) is 5.74. The molecule has 24 heavy (non-hydrogen) atoms. The lowest BCUT2D eigenvalue weighted by Crippen LogP contribution is -2.27. The van der Waals surface area contributed by atoms with E-state index in [1.165, 1.54) is 12.4 Å². The third-order valence-corrected chi connectivity index (χ3v) is 4.15. The Morgan fingerprint density at radius 3 is 2.75 bits per heavy atom. The van der Waals surface area contributed by atoms with Gasteiger partial charge in [-0.1, -0.05) is 24.3 Å². The second-order valence-electron chi connectivity index (χ2n) is 5.74. The quantitative estimate of drug-likeness (QED) is 0.805. The van der Waals surface area contributed by atoms with Crippen LogP contribution in [0.25, 0.3) is 10.9 Å². The van der Waals surface area contributed by atoms with Crippen molar-refractivity contribution >= 4 is 28.3 Å². The van der Waals surface area contributed by atoms with Crippen LogP contribution in [0.1, 0.15) is 6.42 Å². The Balaban J connectivity index is 1.59. The summed E-state index contributed by atoms with van der Waals surface area (Å²) >= 11 is 0. The average molecular weight is 322 g/mol. The van der Waals surface area contributed by atoms with Gasteiger partial charge < -0.3 is 10.2 Å². The smallest absolute Gasteiger partial charge is 0.229 e. The number of benzene rings is 2. The molecule has 1 unspecified atom stereocenters. The number of nitrogens with one attached hydrogen (secondary N) is 1. The molecule has 0 radical (unpaired) electrons. The van der Waals surface area contributed by atoms with Gasteiger partial charge in [0, 0.05) is 24.0 Å². The standard InChI is InChI=1S/C18H15FN4O/c19-15-8-4-7-14-17(15)20-11-21-18(14)22-12-9-16(24)23(10-12)13-5-2-1-3-6-13/h1-8,11-12H,9-10H2,(H,20,21,22). The van der Waals surface area contributed by atoms with Crippen molar-refractivity contribution in [2.45, 2.75) is 12.5 Å². The van der Waals surface area contributed by atoms with E-state index < -0.39 is 0 Å². The van der Waals surface area contributed by atoms with Gasteiger partial charge in [-0.3, -0.25) is 4.79 Å². The SMILES string of the molecule is O=C1CC(Nc2ncnc3c(F)cccc23)CN1c1ccccc1. The molecular weight excluding hydrogens is 307 g/mol. The first-order valence-electron chi connectivity index (χ1n) is 7.73. The van der Waals surface area contributed by atoms with Crippen molar-refractivity contribution in [1.29, 1.82) is 0 Å². The number of anilines is 2. The molecule has 1 N–H and O–H groups in total. The molecule has 1 saturated heterocycles. The minimum absolute atomic E-state index is 0.0586. The molecule has 1 aliphatic heterocycles. The highest BCUT2D eigenvalue weighted by atomic mass is 19.1. The van der Waals surface area contributed by atoms with E-state index in [0.29, 0.717) is 24.2 Å². The molecule has 0 spiro atoms. The molecule has 1 amide bonds. The third-order valence-electron chi connectivity index (χ3n) is 4.15. The predicted octanol–water partition coefficient (Wildman–Crippen LogP) is 2.99. The Labute approximate surface area is 138 Å². The van der Waals surface area contributed by atoms with Crippen LogP contribution >= 0.6 is 0 Å². The Morgan fingerprint density at radius 2 is 1.92 bits per heavy atom. The van der Waals surface area contributed by atoms with Crippen molar-refractivity contribution in [3.8, 4) is 0 Å². The summed E-state index contributed by atoms with van der Waals surface area (Å²) < 4.78 is 13.8. The molecule has 6 heteroatoms. The van der Waals surface area contributed by atoms with Crippen molar-refractivity contribution in [3.63, 3.8) is 0 Å². The number of rotatable bonds is 3. The first kappa shape index (κ1) is 14.6. The Kier molecular flexibility index (Phi) is 3.57. The highest BCUT2D eigenvalue weighted by Crippen LogP contribution is 2.26. The molecule has 1 aliphatic rings. The maximum Gasteiger partial charge on any atom is 0.229 e. The van der Waals surface area contributed by atoms with Gasteiger partial charge in [-0.2, -0.15) is 0 Å². The molecule has 1 fully saturated rings. The molecule has 2 heterocycles. The zero-order valence-corrected chi connectivity index (χ0v) is 12.8. The topological polar surface area (TPSA) is 58.1 Å². The van der Waals surface area contributed by atoms with Crippen molar-refractivity contribution in [3.05, 3.63) is 60.7 Å². The summed E-state index contributed by atoms with van der Waals surface area (Å²) in [5, 5.41) is 3.87. The molecule has 5 nitrogen and oxygen atoms in total. The zero-order chi connectivity index (χ0) is 16.5. The van der Waals surface area contributed by atoms with Crippen molar-refractivity contribution in [1.82, 2.24) is 9.97 Å². The summed E-state index contributed by atoms with van der Waals surface area (Å²) in [4.78, 5) is 22.2. The van der Waals surface area contributed by atoms with Gasteiger partial charge in [0.15, 0.2) is 0 Å². The maximum atomic E-state index is 13.8. The largest absolute Gasteiger partial charge is 0.364 e. The Morgan fingerprint density at radius 1 is 1.08 bits per heavy atom. The molecule has 0 aliphatic carbocycles. The molecule has 1 aromatic heterocycles. The molecule has 120 valence electrons. The van der Waals surface area contributed by atoms with Crippen LogP contribution in [0.3, 0.4) is 0 Å². The monoisotopic (exact) mass is 322 g/mol. The van der Waals surface area contributed by atoms with E-state index in [2.05, 4.69) is 15.3 Å². The fraction of sp³-hybridized carbons (Fsp3) is 0.167. The molecule has 0 saturated carbocycles. The molecular formula is C18H15FN4O. The van der Waals surface area contributed by atoms with Crippen LogP contribution in [0.5, 0.6) is 0 Å². The summed E-state index contributed by atoms with van der Waals surface area (Å²) in [6.07, 6.45) is 1.70. The van der Waals surface area contributed by atoms with E-state index >= 15 is 0 Å². The van der Waals surface area contributed by atoms with E-state index in [1.807, 2.05) is 30.3 Å². The number of nitrogens with zero attached hydrogens (tertiary/aromatic N) is 3. The third kappa shape index (κ3) is 2.56. The first-order chi connectivity index (χ1) is 11.7. The highest BCUT2D eigenvalue weighted by molar-refractivity contribution is 5.97. The lowest BCUT2D eigenvalue weighted by atomic mass is 10.2. The van der Waals surface area contributed by atoms with Crippen molar-refractivity contribution < 1.29 is 9.18 Å². The zero-order valence-electron chi connectivity index (χ0n) is 12.8. The lowest BCUT2D eigenvalue weighted by Gasteiger charge is -2.17. The number of fused-ring (bicyclic) bond motifs is 1. The van der Waals surface area contributed by atoms with E-state index in [1.54, 1.807) is 17.0 Å². The minimum atomic E-state index is -0.383. The number of hydrogen-bond donors (Lipinski definition) is 1. The van der Waals surface area contributed by atoms with Gasteiger partial charge in [0.1, 0.15) is 23.5 Å². The number of amides is 1. The molecule has 1 atom stereocenters. The second kappa shape index (κ2) is 5.88. The fourth-order valence-corrected chi connectivity index (χ4v) is 3.02. The number of carbonyl (C=O) groups is 1. The van der Waals surface area contributed by atoms with Gasteiger partial charge >= 0.3 is 0 Å². The van der Waals surface area contributed by atoms with Crippen LogP contribution in [0.2, 0.25) is 0 Å².